The van der Waals surface area contributed by atoms with Crippen molar-refractivity contribution in [2.75, 3.05) is 13.2 Å². The van der Waals surface area contributed by atoms with Crippen molar-refractivity contribution in [3.8, 4) is 11.5 Å². The van der Waals surface area contributed by atoms with Crippen LogP contribution in [-0.2, 0) is 13.0 Å². The van der Waals surface area contributed by atoms with E-state index in [1.54, 1.807) is 0 Å². The first-order valence-electron chi connectivity index (χ1n) is 11.7. The van der Waals surface area contributed by atoms with Gasteiger partial charge in [-0.05, 0) is 38.0 Å². The van der Waals surface area contributed by atoms with E-state index in [1.807, 2.05) is 61.5 Å². The Labute approximate surface area is 226 Å². The normalized spacial score (nSPS) is 10.6. The van der Waals surface area contributed by atoms with E-state index >= 15 is 0 Å². The van der Waals surface area contributed by atoms with E-state index in [2.05, 4.69) is 35.9 Å². The summed E-state index contributed by atoms with van der Waals surface area (Å²) in [5.74, 6) is 1.78. The third-order valence-electron chi connectivity index (χ3n) is 5.66. The second-order valence-electron chi connectivity index (χ2n) is 8.01. The first-order valence-corrected chi connectivity index (χ1v) is 11.7. The summed E-state index contributed by atoms with van der Waals surface area (Å²) in [6.45, 7) is 6.29. The molecule has 0 aliphatic rings. The zero-order valence-electron chi connectivity index (χ0n) is 19.9. The average molecular weight is 677 g/mol. The maximum absolute atomic E-state index is 10.7. The van der Waals surface area contributed by atoms with Crippen LogP contribution in [-0.4, -0.2) is 23.5 Å². The van der Waals surface area contributed by atoms with Gasteiger partial charge in [-0.3, -0.25) is 0 Å². The van der Waals surface area contributed by atoms with Gasteiger partial charge in [-0.2, -0.15) is 5.56 Å². The number of ether oxygens (including phenoxy) is 2. The summed E-state index contributed by atoms with van der Waals surface area (Å²) < 4.78 is 14.1. The van der Waals surface area contributed by atoms with E-state index in [9.17, 15) is 5.41 Å². The molecule has 4 nitrogen and oxygen atoms in total. The maximum atomic E-state index is 10.7. The van der Waals surface area contributed by atoms with Gasteiger partial charge in [0.05, 0.1) is 18.7 Å². The standard InChI is InChI=1S/C29H30N2O2.U/c1-3-10-23-21-24(29(30)22-11-6-5-7-12-22)15-16-27(23)33-20-9-18-31-19-17-25-26(31)13-8-14-28(25)32-4-2;/h5-8,11-17,19H,3-4,9-10,18,20H2,1-2H3;/q-2;+2. The smallest absolute Gasteiger partial charge is 0.855 e. The van der Waals surface area contributed by atoms with E-state index in [4.69, 9.17) is 9.47 Å². The Morgan fingerprint density at radius 1 is 0.912 bits per heavy atom. The molecule has 0 saturated carbocycles. The fourth-order valence-electron chi connectivity index (χ4n) is 4.07. The van der Waals surface area contributed by atoms with E-state index < -0.39 is 0 Å². The van der Waals surface area contributed by atoms with Crippen molar-refractivity contribution in [3.05, 3.63) is 101 Å². The summed E-state index contributed by atoms with van der Waals surface area (Å²) >= 11 is 0. The van der Waals surface area contributed by atoms with Gasteiger partial charge in [-0.1, -0.05) is 60.9 Å². The Balaban J connectivity index is 0.00000324. The molecule has 0 atom stereocenters. The largest absolute Gasteiger partial charge is 2.00 e. The molecule has 0 aliphatic heterocycles. The number of fused-ring (bicyclic) bond motifs is 1. The molecule has 172 valence electrons. The van der Waals surface area contributed by atoms with Crippen molar-refractivity contribution < 1.29 is 40.6 Å². The minimum absolute atomic E-state index is 0. The second kappa shape index (κ2) is 12.8. The van der Waals surface area contributed by atoms with E-state index in [-0.39, 0.29) is 36.8 Å². The molecule has 0 saturated heterocycles. The first-order chi connectivity index (χ1) is 16.2. The second-order valence-corrected chi connectivity index (χ2v) is 8.01. The topological polar surface area (TPSA) is 45.7 Å². The van der Waals surface area contributed by atoms with Crippen LogP contribution in [0.15, 0.2) is 72.9 Å². The maximum Gasteiger partial charge on any atom is 2.00 e. The Morgan fingerprint density at radius 2 is 1.74 bits per heavy atom. The van der Waals surface area contributed by atoms with E-state index in [0.29, 0.717) is 18.8 Å². The van der Waals surface area contributed by atoms with E-state index in [1.165, 1.54) is 5.52 Å². The van der Waals surface area contributed by atoms with Gasteiger partial charge < -0.3 is 19.5 Å². The molecule has 0 aliphatic carbocycles. The molecular weight excluding hydrogens is 646 g/mol. The molecule has 0 amide bonds. The van der Waals surface area contributed by atoms with Crippen molar-refractivity contribution in [1.82, 2.24) is 4.57 Å². The number of rotatable bonds is 11. The van der Waals surface area contributed by atoms with Crippen molar-refractivity contribution in [2.45, 2.75) is 39.7 Å². The number of aromatic nitrogens is 1. The average Bonchev–Trinajstić information content (AvgIpc) is 3.27. The van der Waals surface area contributed by atoms with Crippen LogP contribution in [0.3, 0.4) is 0 Å². The summed E-state index contributed by atoms with van der Waals surface area (Å²) in [4.78, 5) is 0. The number of benzene rings is 3. The van der Waals surface area contributed by atoms with Crippen molar-refractivity contribution in [2.24, 2.45) is 0 Å². The van der Waals surface area contributed by atoms with Gasteiger partial charge in [0.25, 0.3) is 0 Å². The van der Waals surface area contributed by atoms with Gasteiger partial charge in [0.2, 0.25) is 0 Å². The summed E-state index contributed by atoms with van der Waals surface area (Å²) in [5.41, 5.74) is 3.91. The molecule has 1 aromatic heterocycles. The zero-order valence-corrected chi connectivity index (χ0v) is 24.0. The van der Waals surface area contributed by atoms with Gasteiger partial charge in [0, 0.05) is 23.9 Å². The number of hydrogen-bond acceptors (Lipinski definition) is 2. The van der Waals surface area contributed by atoms with Crippen LogP contribution >= 0.6 is 0 Å². The minimum atomic E-state index is 0. The molecular formula is C29H30N2O2U. The first kappa shape index (κ1) is 26.1. The van der Waals surface area contributed by atoms with Crippen LogP contribution in [0.1, 0.15) is 43.4 Å². The number of hydrogen-bond donors (Lipinski definition) is 0. The molecule has 0 unspecified atom stereocenters. The molecule has 0 fully saturated rings. The summed E-state index contributed by atoms with van der Waals surface area (Å²) in [6, 6.07) is 25.1. The van der Waals surface area contributed by atoms with Gasteiger partial charge in [-0.25, -0.2) is 5.71 Å². The summed E-state index contributed by atoms with van der Waals surface area (Å²) in [5, 5.41) is 11.8. The van der Waals surface area contributed by atoms with Gasteiger partial charge in [0.15, 0.2) is 0 Å². The van der Waals surface area contributed by atoms with Gasteiger partial charge in [0.1, 0.15) is 5.75 Å². The summed E-state index contributed by atoms with van der Waals surface area (Å²) in [7, 11) is 0. The Bertz CT molecular complexity index is 1220. The molecule has 3 aromatic carbocycles. The predicted octanol–water partition coefficient (Wildman–Crippen LogP) is 6.67. The molecule has 1 heterocycles. The third kappa shape index (κ3) is 6.14. The molecule has 4 rings (SSSR count). The monoisotopic (exact) mass is 676 g/mol. The van der Waals surface area contributed by atoms with E-state index in [0.717, 1.165) is 53.8 Å². The molecule has 4 aromatic rings. The zero-order chi connectivity index (χ0) is 23.0. The molecule has 0 N–H and O–H groups in total. The SMILES string of the molecule is CCCc1[c-]c(C(=[N-])c2ccccc2)ccc1OCCCn1ccc2c(OCC)cccc21.[U+2]. The fourth-order valence-corrected chi connectivity index (χ4v) is 4.07. The number of nitrogens with zero attached hydrogens (tertiary/aromatic N) is 2. The van der Waals surface area contributed by atoms with Gasteiger partial charge >= 0.3 is 31.1 Å². The van der Waals surface area contributed by atoms with Crippen molar-refractivity contribution in [3.63, 3.8) is 0 Å². The Morgan fingerprint density at radius 3 is 2.50 bits per heavy atom. The number of aryl methyl sites for hydroxylation is 2. The Hall–Kier alpha value is -2.48. The predicted molar refractivity (Wildman–Crippen MR) is 136 cm³/mol. The summed E-state index contributed by atoms with van der Waals surface area (Å²) in [6.07, 6.45) is 4.84. The molecule has 0 radical (unpaired) electrons. The van der Waals surface area contributed by atoms with Crippen LogP contribution in [0.4, 0.5) is 0 Å². The fraction of sp³-hybridized carbons (Fsp3) is 0.276. The van der Waals surface area contributed by atoms with Crippen molar-refractivity contribution in [1.29, 1.82) is 0 Å². The van der Waals surface area contributed by atoms with Crippen LogP contribution in [0.2, 0.25) is 0 Å². The third-order valence-corrected chi connectivity index (χ3v) is 5.66. The molecule has 0 spiro atoms. The van der Waals surface area contributed by atoms with Crippen LogP contribution in [0, 0.1) is 37.2 Å². The minimum Gasteiger partial charge on any atom is -0.855 e. The van der Waals surface area contributed by atoms with Gasteiger partial charge in [-0.15, -0.1) is 18.2 Å². The molecule has 34 heavy (non-hydrogen) atoms. The van der Waals surface area contributed by atoms with Crippen molar-refractivity contribution >= 4 is 16.6 Å². The quantitative estimate of drug-likeness (QED) is 0.101. The Kier molecular flexibility index (Phi) is 9.87. The van der Waals surface area contributed by atoms with Crippen LogP contribution < -0.4 is 9.47 Å². The van der Waals surface area contributed by atoms with Crippen LogP contribution in [0.5, 0.6) is 11.5 Å². The molecule has 0 bridgehead atoms. The molecule has 5 heteroatoms. The van der Waals surface area contributed by atoms with Crippen LogP contribution in [0.25, 0.3) is 16.3 Å².